The summed E-state index contributed by atoms with van der Waals surface area (Å²) in [5, 5.41) is 14.3. The van der Waals surface area contributed by atoms with Crippen molar-refractivity contribution >= 4 is 54.3 Å². The molecule has 0 aliphatic heterocycles. The van der Waals surface area contributed by atoms with Crippen LogP contribution in [0, 0.1) is 23.2 Å². The molecule has 0 fully saturated rings. The summed E-state index contributed by atoms with van der Waals surface area (Å²) in [4.78, 5) is 100. The van der Waals surface area contributed by atoms with E-state index in [0.717, 1.165) is 38.0 Å². The van der Waals surface area contributed by atoms with Gasteiger partial charge < -0.3 is 105 Å². The molecule has 0 saturated heterocycles. The van der Waals surface area contributed by atoms with Crippen molar-refractivity contribution in [1.29, 1.82) is 0 Å². The lowest BCUT2D eigenvalue weighted by Crippen LogP contribution is -2.36. The van der Waals surface area contributed by atoms with Crippen LogP contribution in [0.25, 0.3) is 0 Å². The molecule has 3 atom stereocenters. The van der Waals surface area contributed by atoms with Crippen molar-refractivity contribution in [1.82, 2.24) is 10.7 Å². The van der Waals surface area contributed by atoms with Gasteiger partial charge in [-0.25, -0.2) is 19.8 Å². The van der Waals surface area contributed by atoms with Gasteiger partial charge in [0.2, 0.25) is 0 Å². The fourth-order valence-electron chi connectivity index (χ4n) is 9.07. The molecule has 0 radical (unpaired) electrons. The zero-order valence-electron chi connectivity index (χ0n) is 61.2. The first kappa shape index (κ1) is 96.3. The molecule has 0 aliphatic rings. The highest BCUT2D eigenvalue weighted by Gasteiger charge is 2.40. The number of nitrogens with zero attached hydrogens (tertiary/aromatic N) is 1. The number of carboxylic acid groups (broad SMARTS) is 1. The molecule has 0 bridgehead atoms. The quantitative estimate of drug-likeness (QED) is 0.00871. The fourth-order valence-corrected chi connectivity index (χ4v) is 9.07. The van der Waals surface area contributed by atoms with E-state index in [4.69, 9.17) is 99.8 Å². The van der Waals surface area contributed by atoms with Crippen LogP contribution in [0.2, 0.25) is 0 Å². The van der Waals surface area contributed by atoms with Crippen molar-refractivity contribution in [3.8, 4) is 0 Å². The highest BCUT2D eigenvalue weighted by molar-refractivity contribution is 5.81. The Balaban J connectivity index is 5.23. The molecule has 0 heterocycles. The first-order chi connectivity index (χ1) is 49.6. The summed E-state index contributed by atoms with van der Waals surface area (Å²) in [5.41, 5.74) is 0.262. The van der Waals surface area contributed by atoms with Gasteiger partial charge in [-0.1, -0.05) is 71.3 Å². The average molecular weight is 1480 g/mol. The van der Waals surface area contributed by atoms with E-state index in [1.807, 2.05) is 0 Å². The third-order valence-electron chi connectivity index (χ3n) is 14.4. The number of hydrogen-bond acceptors (Lipinski definition) is 29. The third-order valence-corrected chi connectivity index (χ3v) is 14.4. The lowest BCUT2D eigenvalue weighted by atomic mass is 9.77. The van der Waals surface area contributed by atoms with Crippen LogP contribution in [0.4, 0.5) is 14.0 Å². The second-order valence-electron chi connectivity index (χ2n) is 23.3. The van der Waals surface area contributed by atoms with Crippen LogP contribution in [0.15, 0.2) is 17.8 Å². The molecular weight excluding hydrogens is 1350 g/mol. The topological polar surface area (TPSA) is 378 Å². The summed E-state index contributed by atoms with van der Waals surface area (Å²) < 4.78 is 122. The van der Waals surface area contributed by atoms with Gasteiger partial charge in [0.25, 0.3) is 0 Å². The first-order valence-electron chi connectivity index (χ1n) is 35.6. The van der Waals surface area contributed by atoms with Gasteiger partial charge in [-0.15, -0.1) is 4.39 Å². The van der Waals surface area contributed by atoms with E-state index in [0.29, 0.717) is 145 Å². The van der Waals surface area contributed by atoms with Crippen molar-refractivity contribution in [3.05, 3.63) is 12.7 Å². The van der Waals surface area contributed by atoms with Crippen LogP contribution in [0.1, 0.15) is 124 Å². The summed E-state index contributed by atoms with van der Waals surface area (Å²) in [6.07, 6.45) is 9.94. The molecule has 2 amide bonds. The van der Waals surface area contributed by atoms with E-state index in [-0.39, 0.29) is 125 Å². The number of alkyl carbamates (subject to hydrolysis) is 1. The predicted molar refractivity (Wildman–Crippen MR) is 366 cm³/mol. The van der Waals surface area contributed by atoms with Crippen LogP contribution in [-0.4, -0.2) is 291 Å². The molecular formula is C69H122FN3O29. The van der Waals surface area contributed by atoms with E-state index in [9.17, 15) is 42.7 Å². The number of carboxylic acids is 1. The number of carbonyl (C=O) groups excluding carboxylic acids is 7. The Kier molecular flexibility index (Phi) is 68.3. The standard InChI is InChI=1S/C69H122FN3O29/c1-6-8-9-10-11-12-13-14-15-16-23-98-64(78)59(56-60(65(79)99-51-27-83-5)57-69(3,4)66(80)101-52-50-86-25-21-72-73-67(70)81)55-58(63(77)100-53-54-102-68(82)71-20-26-97-62(76)7-2)18-17-22-84-28-30-87-32-34-89-36-38-91-40-42-93-44-46-95-48-49-96-47-45-94-43-41-92-39-37-90-35-33-88-31-29-85-24-19-61(74)75/h7,21,58-60H,2,6,8-20,22-57H2,1,3-5H3,(H,71,82)(H,73,81)(H,74,75)/b72-21+. The number of halogens is 1. The molecule has 3 N–H and O–H groups in total. The maximum atomic E-state index is 14.3. The number of rotatable bonds is 77. The van der Waals surface area contributed by atoms with Crippen molar-refractivity contribution < 1.29 is 143 Å². The van der Waals surface area contributed by atoms with Crippen molar-refractivity contribution in [2.75, 3.05) is 232 Å². The monoisotopic (exact) mass is 1480 g/mol. The Morgan fingerprint density at radius 3 is 1.29 bits per heavy atom. The van der Waals surface area contributed by atoms with Gasteiger partial charge in [0.15, 0.2) is 0 Å². The third kappa shape index (κ3) is 65.1. The molecule has 594 valence electrons. The Bertz CT molecular complexity index is 2120. The molecule has 33 heteroatoms. The van der Waals surface area contributed by atoms with Gasteiger partial charge >= 0.3 is 48.1 Å². The summed E-state index contributed by atoms with van der Waals surface area (Å²) in [5.74, 6) is -7.50. The van der Waals surface area contributed by atoms with Crippen molar-refractivity contribution in [3.63, 3.8) is 0 Å². The molecule has 32 nitrogen and oxygen atoms in total. The van der Waals surface area contributed by atoms with E-state index in [1.54, 1.807) is 19.3 Å². The minimum absolute atomic E-state index is 0.0302. The summed E-state index contributed by atoms with van der Waals surface area (Å²) in [6.45, 7) is 16.1. The Labute approximate surface area is 601 Å². The van der Waals surface area contributed by atoms with Crippen LogP contribution in [-0.2, 0) is 124 Å². The molecule has 3 unspecified atom stereocenters. The van der Waals surface area contributed by atoms with Gasteiger partial charge in [0.1, 0.15) is 33.0 Å². The fraction of sp³-hybridized carbons (Fsp3) is 0.841. The number of methoxy groups -OCH3 is 1. The van der Waals surface area contributed by atoms with Gasteiger partial charge in [-0.05, 0) is 52.4 Å². The number of amides is 2. The largest absolute Gasteiger partial charge is 0.481 e. The smallest absolute Gasteiger partial charge is 0.417 e. The number of carbonyl (C=O) groups is 8. The van der Waals surface area contributed by atoms with Gasteiger partial charge in [0.05, 0.1) is 221 Å². The second-order valence-corrected chi connectivity index (χ2v) is 23.3. The number of hydrogen-bond donors (Lipinski definition) is 3. The van der Waals surface area contributed by atoms with Crippen LogP contribution in [0.3, 0.4) is 0 Å². The zero-order chi connectivity index (χ0) is 74.9. The summed E-state index contributed by atoms with van der Waals surface area (Å²) in [7, 11) is 1.44. The summed E-state index contributed by atoms with van der Waals surface area (Å²) in [6, 6.07) is 0. The molecule has 0 rings (SSSR count). The molecule has 0 saturated carbocycles. The average Bonchev–Trinajstić information content (AvgIpc) is 0.839. The van der Waals surface area contributed by atoms with Gasteiger partial charge in [-0.2, -0.15) is 5.10 Å². The van der Waals surface area contributed by atoms with Crippen LogP contribution in [0.5, 0.6) is 0 Å². The summed E-state index contributed by atoms with van der Waals surface area (Å²) >= 11 is 0. The zero-order valence-corrected chi connectivity index (χ0v) is 61.2. The second kappa shape index (κ2) is 72.3. The number of esters is 5. The number of unbranched alkanes of at least 4 members (excludes halogenated alkanes) is 9. The van der Waals surface area contributed by atoms with E-state index in [2.05, 4.69) is 23.9 Å². The lowest BCUT2D eigenvalue weighted by Gasteiger charge is -2.29. The van der Waals surface area contributed by atoms with E-state index in [1.165, 1.54) is 39.2 Å². The minimum Gasteiger partial charge on any atom is -0.481 e. The van der Waals surface area contributed by atoms with Crippen LogP contribution >= 0.6 is 0 Å². The van der Waals surface area contributed by atoms with Crippen molar-refractivity contribution in [2.45, 2.75) is 124 Å². The number of ether oxygens (including phenoxy) is 20. The molecule has 0 aliphatic carbocycles. The lowest BCUT2D eigenvalue weighted by molar-refractivity contribution is -0.160. The Hall–Kier alpha value is -5.66. The first-order valence-corrected chi connectivity index (χ1v) is 35.6. The SMILES string of the molecule is C=CC(=O)OCCNC(=O)OCCOC(=O)C(CCCOCCOCCOCCOCCOCCOCCOCCOCCOCCOCCOCCOCCC(=O)O)CC(CC(CC(C)(C)C(=O)OCCOC/C=N/NC(=O)F)C(=O)OCCOC)C(=O)OCCCCCCCCCCCC. The van der Waals surface area contributed by atoms with Crippen molar-refractivity contribution in [2.24, 2.45) is 28.3 Å². The maximum Gasteiger partial charge on any atom is 0.417 e. The molecule has 0 aromatic heterocycles. The highest BCUT2D eigenvalue weighted by atomic mass is 19.1. The molecule has 0 aromatic rings. The minimum atomic E-state index is -1.85. The molecule has 0 aromatic carbocycles. The maximum absolute atomic E-state index is 14.3. The number of aliphatic carboxylic acids is 1. The highest BCUT2D eigenvalue weighted by Crippen LogP contribution is 2.35. The van der Waals surface area contributed by atoms with Gasteiger partial charge in [0, 0.05) is 19.8 Å². The van der Waals surface area contributed by atoms with Gasteiger partial charge in [-0.3, -0.25) is 24.0 Å². The predicted octanol–water partition coefficient (Wildman–Crippen LogP) is 6.36. The molecule has 102 heavy (non-hydrogen) atoms. The number of nitrogens with one attached hydrogen (secondary N) is 2. The van der Waals surface area contributed by atoms with E-state index >= 15 is 0 Å². The van der Waals surface area contributed by atoms with Crippen LogP contribution < -0.4 is 10.7 Å². The molecule has 0 spiro atoms. The number of hydrazone groups is 1. The van der Waals surface area contributed by atoms with E-state index < -0.39 is 71.2 Å². The Morgan fingerprint density at radius 1 is 0.441 bits per heavy atom. The Morgan fingerprint density at radius 2 is 0.833 bits per heavy atom. The normalized spacial score (nSPS) is 12.4.